The summed E-state index contributed by atoms with van der Waals surface area (Å²) in [6.07, 6.45) is 1.94. The molecule has 1 saturated heterocycles. The number of fused-ring (bicyclic) bond motifs is 1. The molecule has 0 bridgehead atoms. The van der Waals surface area contributed by atoms with E-state index < -0.39 is 0 Å². The van der Waals surface area contributed by atoms with Crippen molar-refractivity contribution in [2.75, 3.05) is 6.54 Å². The minimum atomic E-state index is -0.0865. The van der Waals surface area contributed by atoms with Crippen molar-refractivity contribution in [2.45, 2.75) is 31.8 Å². The number of rotatable bonds is 2. The van der Waals surface area contributed by atoms with Crippen LogP contribution in [0, 0.1) is 0 Å². The highest BCUT2D eigenvalue weighted by atomic mass is 16.2. The van der Waals surface area contributed by atoms with E-state index in [1.54, 1.807) is 0 Å². The molecule has 1 aliphatic heterocycles. The first-order valence-electron chi connectivity index (χ1n) is 6.71. The number of H-pyrrole nitrogens is 1. The lowest BCUT2D eigenvalue weighted by atomic mass is 10.0. The van der Waals surface area contributed by atoms with Crippen molar-refractivity contribution in [3.63, 3.8) is 0 Å². The molecule has 0 spiro atoms. The quantitative estimate of drug-likeness (QED) is 0.763. The summed E-state index contributed by atoms with van der Waals surface area (Å²) < 4.78 is 0. The van der Waals surface area contributed by atoms with Crippen LogP contribution in [0.1, 0.15) is 30.3 Å². The Morgan fingerprint density at radius 3 is 3.11 bits per heavy atom. The summed E-state index contributed by atoms with van der Waals surface area (Å²) in [6.45, 7) is 3.09. The Labute approximate surface area is 111 Å². The molecule has 19 heavy (non-hydrogen) atoms. The van der Waals surface area contributed by atoms with Crippen LogP contribution in [0.4, 0.5) is 0 Å². The van der Waals surface area contributed by atoms with Crippen LogP contribution in [0.25, 0.3) is 10.9 Å². The maximum atomic E-state index is 12.3. The minimum absolute atomic E-state index is 0.0865. The van der Waals surface area contributed by atoms with Crippen molar-refractivity contribution >= 4 is 16.8 Å². The molecule has 100 valence electrons. The fourth-order valence-electron chi connectivity index (χ4n) is 2.65. The number of hydrogen-bond acceptors (Lipinski definition) is 3. The molecule has 2 unspecified atom stereocenters. The minimum Gasteiger partial charge on any atom is -0.348 e. The monoisotopic (exact) mass is 258 g/mol. The molecule has 0 radical (unpaired) electrons. The second-order valence-corrected chi connectivity index (χ2v) is 5.17. The Morgan fingerprint density at radius 1 is 1.42 bits per heavy atom. The van der Waals surface area contributed by atoms with Gasteiger partial charge in [0.25, 0.3) is 5.91 Å². The number of benzene rings is 1. The molecule has 2 heterocycles. The number of nitrogens with one attached hydrogen (secondary N) is 3. The van der Waals surface area contributed by atoms with E-state index in [0.717, 1.165) is 30.3 Å². The van der Waals surface area contributed by atoms with Crippen LogP contribution in [-0.4, -0.2) is 34.7 Å². The molecule has 1 aromatic heterocycles. The number of hydrogen-bond donors (Lipinski definition) is 3. The van der Waals surface area contributed by atoms with E-state index in [1.807, 2.05) is 24.3 Å². The van der Waals surface area contributed by atoms with E-state index >= 15 is 0 Å². The van der Waals surface area contributed by atoms with Gasteiger partial charge in [-0.25, -0.2) is 0 Å². The molecule has 2 atom stereocenters. The summed E-state index contributed by atoms with van der Waals surface area (Å²) in [5.74, 6) is -0.0865. The van der Waals surface area contributed by atoms with Crippen LogP contribution in [-0.2, 0) is 0 Å². The van der Waals surface area contributed by atoms with Gasteiger partial charge in [-0.15, -0.1) is 0 Å². The number of carbonyl (C=O) groups excluding carboxylic acids is 1. The number of para-hydroxylation sites is 1. The second-order valence-electron chi connectivity index (χ2n) is 5.17. The van der Waals surface area contributed by atoms with Crippen molar-refractivity contribution in [1.29, 1.82) is 0 Å². The van der Waals surface area contributed by atoms with E-state index in [2.05, 4.69) is 27.8 Å². The molecule has 5 nitrogen and oxygen atoms in total. The first kappa shape index (κ1) is 12.2. The van der Waals surface area contributed by atoms with Crippen molar-refractivity contribution in [3.8, 4) is 0 Å². The third kappa shape index (κ3) is 2.46. The zero-order valence-electron chi connectivity index (χ0n) is 10.9. The molecule has 3 N–H and O–H groups in total. The van der Waals surface area contributed by atoms with Crippen LogP contribution in [0.3, 0.4) is 0 Å². The van der Waals surface area contributed by atoms with Crippen LogP contribution in [0.15, 0.2) is 24.3 Å². The van der Waals surface area contributed by atoms with E-state index in [0.29, 0.717) is 11.7 Å². The number of amides is 1. The standard InChI is InChI=1S/C14H18N4O/c1-9-8-10(6-7-15-9)16-14(19)13-11-4-2-3-5-12(11)17-18-13/h2-5,9-10,15H,6-8H2,1H3,(H,16,19)(H,17,18). The average molecular weight is 258 g/mol. The molecule has 0 aliphatic carbocycles. The summed E-state index contributed by atoms with van der Waals surface area (Å²) in [4.78, 5) is 12.3. The molecule has 1 aliphatic rings. The molecule has 5 heteroatoms. The number of aromatic nitrogens is 2. The third-order valence-electron chi connectivity index (χ3n) is 3.64. The predicted molar refractivity (Wildman–Crippen MR) is 74.0 cm³/mol. The molecule has 3 rings (SSSR count). The maximum Gasteiger partial charge on any atom is 0.272 e. The Morgan fingerprint density at radius 2 is 2.26 bits per heavy atom. The summed E-state index contributed by atoms with van der Waals surface area (Å²) in [5, 5.41) is 14.4. The van der Waals surface area contributed by atoms with Crippen molar-refractivity contribution < 1.29 is 4.79 Å². The second kappa shape index (κ2) is 5.01. The van der Waals surface area contributed by atoms with Gasteiger partial charge in [0.2, 0.25) is 0 Å². The largest absolute Gasteiger partial charge is 0.348 e. The first-order valence-corrected chi connectivity index (χ1v) is 6.71. The van der Waals surface area contributed by atoms with E-state index in [-0.39, 0.29) is 11.9 Å². The van der Waals surface area contributed by atoms with Crippen LogP contribution < -0.4 is 10.6 Å². The lowest BCUT2D eigenvalue weighted by molar-refractivity contribution is 0.0922. The summed E-state index contributed by atoms with van der Waals surface area (Å²) in [6, 6.07) is 8.37. The first-order chi connectivity index (χ1) is 9.24. The maximum absolute atomic E-state index is 12.3. The number of piperidine rings is 1. The molecule has 1 aromatic carbocycles. The Kier molecular flexibility index (Phi) is 3.21. The number of carbonyl (C=O) groups is 1. The van der Waals surface area contributed by atoms with Gasteiger partial charge in [0.05, 0.1) is 5.52 Å². The highest BCUT2D eigenvalue weighted by Gasteiger charge is 2.22. The molecule has 0 saturated carbocycles. The van der Waals surface area contributed by atoms with Crippen LogP contribution in [0.5, 0.6) is 0 Å². The van der Waals surface area contributed by atoms with Gasteiger partial charge >= 0.3 is 0 Å². The van der Waals surface area contributed by atoms with Crippen molar-refractivity contribution in [1.82, 2.24) is 20.8 Å². The van der Waals surface area contributed by atoms with E-state index in [1.165, 1.54) is 0 Å². The molecule has 1 fully saturated rings. The highest BCUT2D eigenvalue weighted by molar-refractivity contribution is 6.04. The Hall–Kier alpha value is -1.88. The normalized spacial score (nSPS) is 23.4. The summed E-state index contributed by atoms with van der Waals surface area (Å²) >= 11 is 0. The fourth-order valence-corrected chi connectivity index (χ4v) is 2.65. The molecular weight excluding hydrogens is 240 g/mol. The highest BCUT2D eigenvalue weighted by Crippen LogP contribution is 2.16. The Bertz CT molecular complexity index is 592. The summed E-state index contributed by atoms with van der Waals surface area (Å²) in [7, 11) is 0. The fraction of sp³-hybridized carbons (Fsp3) is 0.429. The van der Waals surface area contributed by atoms with Gasteiger partial charge in [0.1, 0.15) is 0 Å². The smallest absolute Gasteiger partial charge is 0.272 e. The lowest BCUT2D eigenvalue weighted by Gasteiger charge is -2.28. The van der Waals surface area contributed by atoms with Gasteiger partial charge in [-0.1, -0.05) is 18.2 Å². The molecule has 1 amide bonds. The number of aromatic amines is 1. The molecule has 2 aromatic rings. The van der Waals surface area contributed by atoms with Gasteiger partial charge in [0, 0.05) is 17.5 Å². The average Bonchev–Trinajstić information content (AvgIpc) is 2.82. The topological polar surface area (TPSA) is 69.8 Å². The van der Waals surface area contributed by atoms with Crippen LogP contribution in [0.2, 0.25) is 0 Å². The van der Waals surface area contributed by atoms with Crippen LogP contribution >= 0.6 is 0 Å². The van der Waals surface area contributed by atoms with Crippen molar-refractivity contribution in [3.05, 3.63) is 30.0 Å². The summed E-state index contributed by atoms with van der Waals surface area (Å²) in [5.41, 5.74) is 1.38. The van der Waals surface area contributed by atoms with E-state index in [4.69, 9.17) is 0 Å². The number of nitrogens with zero attached hydrogens (tertiary/aromatic N) is 1. The SMILES string of the molecule is CC1CC(NC(=O)c2n[nH]c3ccccc23)CCN1. The van der Waals surface area contributed by atoms with Gasteiger partial charge in [-0.3, -0.25) is 9.89 Å². The lowest BCUT2D eigenvalue weighted by Crippen LogP contribution is -2.46. The predicted octanol–water partition coefficient (Wildman–Crippen LogP) is 1.43. The van der Waals surface area contributed by atoms with E-state index in [9.17, 15) is 4.79 Å². The van der Waals surface area contributed by atoms with Gasteiger partial charge in [-0.2, -0.15) is 5.10 Å². The van der Waals surface area contributed by atoms with Gasteiger partial charge in [-0.05, 0) is 32.4 Å². The zero-order valence-corrected chi connectivity index (χ0v) is 10.9. The molecular formula is C14H18N4O. The zero-order chi connectivity index (χ0) is 13.2. The Balaban J connectivity index is 1.76. The van der Waals surface area contributed by atoms with Gasteiger partial charge < -0.3 is 10.6 Å². The van der Waals surface area contributed by atoms with Gasteiger partial charge in [0.15, 0.2) is 5.69 Å². The third-order valence-corrected chi connectivity index (χ3v) is 3.64. The van der Waals surface area contributed by atoms with Crippen molar-refractivity contribution in [2.24, 2.45) is 0 Å².